The average molecular weight is 360 g/mol. The summed E-state index contributed by atoms with van der Waals surface area (Å²) in [7, 11) is -0.681. The summed E-state index contributed by atoms with van der Waals surface area (Å²) < 4.78 is 60.9. The number of halogens is 3. The van der Waals surface area contributed by atoms with Crippen LogP contribution < -0.4 is 5.32 Å². The van der Waals surface area contributed by atoms with E-state index >= 15 is 0 Å². The van der Waals surface area contributed by atoms with Crippen molar-refractivity contribution in [2.24, 2.45) is 0 Å². The molecule has 0 aliphatic heterocycles. The van der Waals surface area contributed by atoms with Crippen molar-refractivity contribution >= 4 is 36.4 Å². The first-order valence-corrected chi connectivity index (χ1v) is 9.51. The Balaban J connectivity index is 3.13. The van der Waals surface area contributed by atoms with Crippen LogP contribution >= 0.6 is 10.7 Å². The highest BCUT2D eigenvalue weighted by Crippen LogP contribution is 2.23. The topological polar surface area (TPSA) is 80.3 Å². The molecule has 5 nitrogen and oxygen atoms in total. The molecule has 0 radical (unpaired) electrons. The van der Waals surface area contributed by atoms with E-state index in [0.717, 1.165) is 0 Å². The molecule has 0 aromatic heterocycles. The van der Waals surface area contributed by atoms with Gasteiger partial charge in [-0.05, 0) is 19.1 Å². The van der Waals surface area contributed by atoms with E-state index in [-0.39, 0.29) is 6.54 Å². The monoisotopic (exact) mass is 359 g/mol. The molecule has 0 saturated carbocycles. The van der Waals surface area contributed by atoms with Crippen LogP contribution in [-0.2, 0) is 19.9 Å². The SMILES string of the molecule is CC(CNC(=O)c1c(F)ccc(S(=O)(=O)Cl)c1F)S(C)=O. The third kappa shape index (κ3) is 4.45. The summed E-state index contributed by atoms with van der Waals surface area (Å²) in [6.07, 6.45) is 1.42. The Morgan fingerprint density at radius 1 is 1.43 bits per heavy atom. The molecule has 2 atom stereocenters. The minimum atomic E-state index is -4.45. The van der Waals surface area contributed by atoms with E-state index in [9.17, 15) is 26.2 Å². The molecule has 1 rings (SSSR count). The van der Waals surface area contributed by atoms with Crippen LogP contribution in [0.1, 0.15) is 17.3 Å². The molecule has 0 bridgehead atoms. The van der Waals surface area contributed by atoms with Crippen LogP contribution in [-0.4, -0.2) is 36.6 Å². The van der Waals surface area contributed by atoms with Crippen molar-refractivity contribution < 1.29 is 26.2 Å². The molecule has 0 aliphatic carbocycles. The fourth-order valence-corrected chi connectivity index (χ4v) is 2.59. The molecule has 118 valence electrons. The number of hydrogen-bond donors (Lipinski definition) is 1. The molecular weight excluding hydrogens is 348 g/mol. The maximum atomic E-state index is 13.9. The maximum Gasteiger partial charge on any atom is 0.264 e. The molecule has 2 unspecified atom stereocenters. The van der Waals surface area contributed by atoms with Crippen LogP contribution in [0.25, 0.3) is 0 Å². The zero-order valence-electron chi connectivity index (χ0n) is 11.0. The predicted molar refractivity (Wildman–Crippen MR) is 75.3 cm³/mol. The quantitative estimate of drug-likeness (QED) is 0.806. The van der Waals surface area contributed by atoms with Crippen molar-refractivity contribution in [3.8, 4) is 0 Å². The number of rotatable bonds is 5. The van der Waals surface area contributed by atoms with Crippen molar-refractivity contribution in [2.75, 3.05) is 12.8 Å². The maximum absolute atomic E-state index is 13.9. The van der Waals surface area contributed by atoms with Gasteiger partial charge in [-0.15, -0.1) is 0 Å². The number of carbonyl (C=O) groups is 1. The molecule has 1 aromatic rings. The van der Waals surface area contributed by atoms with Crippen LogP contribution in [0.3, 0.4) is 0 Å². The van der Waals surface area contributed by atoms with Gasteiger partial charge in [-0.25, -0.2) is 17.2 Å². The number of amides is 1. The second-order valence-corrected chi connectivity index (χ2v) is 8.53. The molecule has 0 fully saturated rings. The third-order valence-electron chi connectivity index (χ3n) is 2.66. The number of nitrogens with one attached hydrogen (secondary N) is 1. The van der Waals surface area contributed by atoms with E-state index in [0.29, 0.717) is 12.1 Å². The lowest BCUT2D eigenvalue weighted by Gasteiger charge is -2.11. The second-order valence-electron chi connectivity index (χ2n) is 4.19. The average Bonchev–Trinajstić information content (AvgIpc) is 2.33. The normalized spacial score (nSPS) is 14.5. The van der Waals surface area contributed by atoms with E-state index < -0.39 is 53.1 Å². The van der Waals surface area contributed by atoms with Gasteiger partial charge in [-0.1, -0.05) is 0 Å². The summed E-state index contributed by atoms with van der Waals surface area (Å²) in [6.45, 7) is 1.49. The molecule has 0 saturated heterocycles. The van der Waals surface area contributed by atoms with Gasteiger partial charge < -0.3 is 5.32 Å². The van der Waals surface area contributed by atoms with E-state index in [4.69, 9.17) is 10.7 Å². The van der Waals surface area contributed by atoms with Gasteiger partial charge in [0.25, 0.3) is 15.0 Å². The fourth-order valence-electron chi connectivity index (χ4n) is 1.37. The Bertz CT molecular complexity index is 694. The summed E-state index contributed by atoms with van der Waals surface area (Å²) in [4.78, 5) is 10.8. The molecular formula is C11H12ClF2NO4S2. The van der Waals surface area contributed by atoms with Crippen LogP contribution in [0.5, 0.6) is 0 Å². The Morgan fingerprint density at radius 3 is 2.48 bits per heavy atom. The second kappa shape index (κ2) is 6.80. The Kier molecular flexibility index (Phi) is 5.83. The van der Waals surface area contributed by atoms with Gasteiger partial charge in [0.15, 0.2) is 5.82 Å². The van der Waals surface area contributed by atoms with Crippen LogP contribution in [0.4, 0.5) is 8.78 Å². The van der Waals surface area contributed by atoms with E-state index in [1.54, 1.807) is 6.92 Å². The summed E-state index contributed by atoms with van der Waals surface area (Å²) in [5.41, 5.74) is -1.05. The third-order valence-corrected chi connectivity index (χ3v) is 5.30. The van der Waals surface area contributed by atoms with Crippen molar-refractivity contribution in [3.63, 3.8) is 0 Å². The Labute approximate surface area is 127 Å². The van der Waals surface area contributed by atoms with Crippen molar-refractivity contribution in [1.29, 1.82) is 0 Å². The van der Waals surface area contributed by atoms with Gasteiger partial charge in [-0.3, -0.25) is 9.00 Å². The standard InChI is InChI=1S/C11H12ClF2NO4S2/c1-6(20(2)17)5-15-11(16)9-7(13)3-4-8(10(9)14)21(12,18)19/h3-4,6H,5H2,1-2H3,(H,15,16). The summed E-state index contributed by atoms with van der Waals surface area (Å²) >= 11 is 0. The van der Waals surface area contributed by atoms with E-state index in [2.05, 4.69) is 5.32 Å². The molecule has 21 heavy (non-hydrogen) atoms. The predicted octanol–water partition coefficient (Wildman–Crippen LogP) is 1.39. The Morgan fingerprint density at radius 2 is 2.00 bits per heavy atom. The van der Waals surface area contributed by atoms with Gasteiger partial charge in [0.05, 0.1) is 0 Å². The van der Waals surface area contributed by atoms with Crippen molar-refractivity contribution in [1.82, 2.24) is 5.32 Å². The molecule has 1 N–H and O–H groups in total. The molecule has 0 aliphatic rings. The minimum absolute atomic E-state index is 0.0846. The van der Waals surface area contributed by atoms with E-state index in [1.807, 2.05) is 0 Å². The number of hydrogen-bond acceptors (Lipinski definition) is 4. The van der Waals surface area contributed by atoms with Gasteiger partial charge in [0.2, 0.25) is 0 Å². The van der Waals surface area contributed by atoms with Gasteiger partial charge in [0, 0.05) is 39.5 Å². The highest BCUT2D eigenvalue weighted by atomic mass is 35.7. The molecule has 0 heterocycles. The lowest BCUT2D eigenvalue weighted by Crippen LogP contribution is -2.33. The molecule has 10 heteroatoms. The highest BCUT2D eigenvalue weighted by molar-refractivity contribution is 8.13. The minimum Gasteiger partial charge on any atom is -0.351 e. The van der Waals surface area contributed by atoms with Gasteiger partial charge in [-0.2, -0.15) is 0 Å². The van der Waals surface area contributed by atoms with Crippen molar-refractivity contribution in [3.05, 3.63) is 29.3 Å². The summed E-state index contributed by atoms with van der Waals surface area (Å²) in [6, 6.07) is 1.27. The van der Waals surface area contributed by atoms with Gasteiger partial charge >= 0.3 is 0 Å². The number of benzene rings is 1. The van der Waals surface area contributed by atoms with E-state index in [1.165, 1.54) is 6.26 Å². The first-order chi connectivity index (χ1) is 9.55. The first kappa shape index (κ1) is 18.0. The fraction of sp³-hybridized carbons (Fsp3) is 0.364. The highest BCUT2D eigenvalue weighted by Gasteiger charge is 2.26. The first-order valence-electron chi connectivity index (χ1n) is 5.58. The van der Waals surface area contributed by atoms with Crippen LogP contribution in [0, 0.1) is 11.6 Å². The molecule has 1 amide bonds. The molecule has 1 aromatic carbocycles. The number of carbonyl (C=O) groups excluding carboxylic acids is 1. The van der Waals surface area contributed by atoms with Crippen LogP contribution in [0.2, 0.25) is 0 Å². The lowest BCUT2D eigenvalue weighted by atomic mass is 10.2. The zero-order valence-corrected chi connectivity index (χ0v) is 13.4. The summed E-state index contributed by atoms with van der Waals surface area (Å²) in [5.74, 6) is -3.93. The Hall–Kier alpha value is -1.06. The molecule has 0 spiro atoms. The van der Waals surface area contributed by atoms with Gasteiger partial charge in [0.1, 0.15) is 16.3 Å². The lowest BCUT2D eigenvalue weighted by molar-refractivity contribution is 0.0945. The zero-order chi connectivity index (χ0) is 16.4. The van der Waals surface area contributed by atoms with Crippen molar-refractivity contribution in [2.45, 2.75) is 17.1 Å². The largest absolute Gasteiger partial charge is 0.351 e. The summed E-state index contributed by atoms with van der Waals surface area (Å²) in [5, 5.41) is 1.76. The smallest absolute Gasteiger partial charge is 0.264 e. The van der Waals surface area contributed by atoms with Crippen LogP contribution in [0.15, 0.2) is 17.0 Å².